The van der Waals surface area contributed by atoms with E-state index in [0.717, 1.165) is 12.8 Å². The number of carbonyl (C=O) groups excluding carboxylic acids is 1. The summed E-state index contributed by atoms with van der Waals surface area (Å²) in [5, 5.41) is 0. The quantitative estimate of drug-likeness (QED) is 0.411. The van der Waals surface area contributed by atoms with Crippen molar-refractivity contribution in [3.05, 3.63) is 12.2 Å². The summed E-state index contributed by atoms with van der Waals surface area (Å²) in [6.45, 7) is 2.75. The second-order valence-corrected chi connectivity index (χ2v) is 4.47. The monoisotopic (exact) mass is 225 g/mol. The van der Waals surface area contributed by atoms with Crippen LogP contribution in [0.25, 0.3) is 0 Å². The van der Waals surface area contributed by atoms with Crippen molar-refractivity contribution in [2.75, 3.05) is 6.61 Å². The predicted octanol–water partition coefficient (Wildman–Crippen LogP) is 2.40. The van der Waals surface area contributed by atoms with Gasteiger partial charge in [0.2, 0.25) is 0 Å². The van der Waals surface area contributed by atoms with E-state index in [1.807, 2.05) is 12.2 Å². The van der Waals surface area contributed by atoms with E-state index in [2.05, 4.69) is 6.92 Å². The highest BCUT2D eigenvalue weighted by Crippen LogP contribution is 2.17. The zero-order valence-electron chi connectivity index (χ0n) is 10.2. The smallest absolute Gasteiger partial charge is 0.312 e. The van der Waals surface area contributed by atoms with Gasteiger partial charge < -0.3 is 10.5 Å². The summed E-state index contributed by atoms with van der Waals surface area (Å²) in [5.74, 6) is -0.217. The normalized spacial score (nSPS) is 23.6. The number of ether oxygens (including phenoxy) is 1. The van der Waals surface area contributed by atoms with Crippen LogP contribution in [0.2, 0.25) is 0 Å². The first-order valence-corrected chi connectivity index (χ1v) is 6.34. The second-order valence-electron chi connectivity index (χ2n) is 4.47. The average Bonchev–Trinajstić information content (AvgIpc) is 2.70. The Morgan fingerprint density at radius 2 is 2.06 bits per heavy atom. The minimum absolute atomic E-state index is 0.0297. The molecule has 2 N–H and O–H groups in total. The van der Waals surface area contributed by atoms with Crippen LogP contribution in [0.1, 0.15) is 45.4 Å². The van der Waals surface area contributed by atoms with Crippen LogP contribution in [0.3, 0.4) is 0 Å². The van der Waals surface area contributed by atoms with Crippen molar-refractivity contribution in [3.8, 4) is 0 Å². The number of hydrogen-bond acceptors (Lipinski definition) is 3. The Balaban J connectivity index is 2.01. The van der Waals surface area contributed by atoms with E-state index >= 15 is 0 Å². The zero-order chi connectivity index (χ0) is 11.8. The van der Waals surface area contributed by atoms with Gasteiger partial charge in [0.15, 0.2) is 0 Å². The molecule has 0 saturated carbocycles. The maximum absolute atomic E-state index is 11.6. The van der Waals surface area contributed by atoms with Crippen LogP contribution < -0.4 is 5.73 Å². The zero-order valence-corrected chi connectivity index (χ0v) is 10.2. The number of nitrogens with two attached hydrogens (primary N) is 1. The first-order valence-electron chi connectivity index (χ1n) is 6.34. The first kappa shape index (κ1) is 13.2. The molecular formula is C13H23NO2. The molecule has 0 saturated heterocycles. The van der Waals surface area contributed by atoms with Crippen molar-refractivity contribution in [1.29, 1.82) is 0 Å². The van der Waals surface area contributed by atoms with Gasteiger partial charge in [0.05, 0.1) is 12.5 Å². The fourth-order valence-corrected chi connectivity index (χ4v) is 1.89. The van der Waals surface area contributed by atoms with Gasteiger partial charge in [-0.15, -0.1) is 0 Å². The minimum Gasteiger partial charge on any atom is -0.465 e. The highest BCUT2D eigenvalue weighted by Gasteiger charge is 2.23. The van der Waals surface area contributed by atoms with Crippen molar-refractivity contribution in [2.45, 2.75) is 51.5 Å². The minimum atomic E-state index is -0.111. The van der Waals surface area contributed by atoms with Crippen molar-refractivity contribution in [2.24, 2.45) is 11.7 Å². The van der Waals surface area contributed by atoms with Gasteiger partial charge in [0.1, 0.15) is 0 Å². The fraction of sp³-hybridized carbons (Fsp3) is 0.769. The molecule has 1 rings (SSSR count). The Labute approximate surface area is 98.0 Å². The predicted molar refractivity (Wildman–Crippen MR) is 64.9 cm³/mol. The lowest BCUT2D eigenvalue weighted by molar-refractivity contribution is -0.147. The molecule has 2 unspecified atom stereocenters. The molecule has 0 spiro atoms. The van der Waals surface area contributed by atoms with Gasteiger partial charge in [0.25, 0.3) is 0 Å². The number of hydrogen-bond donors (Lipinski definition) is 1. The Bertz CT molecular complexity index is 238. The molecule has 0 heterocycles. The van der Waals surface area contributed by atoms with Gasteiger partial charge in [0, 0.05) is 6.04 Å². The van der Waals surface area contributed by atoms with Crippen molar-refractivity contribution >= 4 is 5.97 Å². The summed E-state index contributed by atoms with van der Waals surface area (Å²) in [6, 6.07) is 0.0297. The van der Waals surface area contributed by atoms with Gasteiger partial charge in [-0.25, -0.2) is 0 Å². The Hall–Kier alpha value is -0.830. The van der Waals surface area contributed by atoms with Crippen LogP contribution >= 0.6 is 0 Å². The highest BCUT2D eigenvalue weighted by molar-refractivity contribution is 5.75. The molecule has 1 aliphatic carbocycles. The van der Waals surface area contributed by atoms with Crippen LogP contribution in [0, 0.1) is 5.92 Å². The summed E-state index contributed by atoms with van der Waals surface area (Å²) in [6.07, 6.45) is 10.3. The Morgan fingerprint density at radius 1 is 1.31 bits per heavy atom. The molecule has 0 amide bonds. The lowest BCUT2D eigenvalue weighted by Gasteiger charge is -2.09. The largest absolute Gasteiger partial charge is 0.465 e. The molecule has 0 bridgehead atoms. The van der Waals surface area contributed by atoms with Gasteiger partial charge in [-0.2, -0.15) is 0 Å². The molecule has 0 aromatic carbocycles. The molecule has 3 nitrogen and oxygen atoms in total. The van der Waals surface area contributed by atoms with E-state index in [9.17, 15) is 4.79 Å². The summed E-state index contributed by atoms with van der Waals surface area (Å²) in [5.41, 5.74) is 5.68. The van der Waals surface area contributed by atoms with Gasteiger partial charge in [-0.3, -0.25) is 4.79 Å². The molecular weight excluding hydrogens is 202 g/mol. The molecule has 2 atom stereocenters. The van der Waals surface area contributed by atoms with Gasteiger partial charge >= 0.3 is 5.97 Å². The molecule has 0 aliphatic heterocycles. The maximum Gasteiger partial charge on any atom is 0.312 e. The van der Waals surface area contributed by atoms with E-state index in [1.54, 1.807) is 0 Å². The molecule has 1 aliphatic rings. The third kappa shape index (κ3) is 4.79. The highest BCUT2D eigenvalue weighted by atomic mass is 16.5. The van der Waals surface area contributed by atoms with Crippen LogP contribution in [-0.4, -0.2) is 18.6 Å². The molecule has 0 radical (unpaired) electrons. The summed E-state index contributed by atoms with van der Waals surface area (Å²) in [7, 11) is 0. The summed E-state index contributed by atoms with van der Waals surface area (Å²) >= 11 is 0. The summed E-state index contributed by atoms with van der Waals surface area (Å²) in [4.78, 5) is 11.6. The molecule has 16 heavy (non-hydrogen) atoms. The van der Waals surface area contributed by atoms with Gasteiger partial charge in [-0.05, 0) is 12.8 Å². The van der Waals surface area contributed by atoms with E-state index in [1.165, 1.54) is 19.3 Å². The van der Waals surface area contributed by atoms with E-state index < -0.39 is 0 Å². The Kier molecular flexibility index (Phi) is 6.16. The van der Waals surface area contributed by atoms with E-state index in [4.69, 9.17) is 10.5 Å². The third-order valence-corrected chi connectivity index (χ3v) is 2.91. The second kappa shape index (κ2) is 7.44. The number of rotatable bonds is 7. The average molecular weight is 225 g/mol. The molecule has 0 fully saturated rings. The standard InChI is InChI=1S/C13H23NO2/c1-2-3-4-5-6-9-16-13(15)11-7-8-12(14)10-11/h7-8,11-12H,2-6,9-10,14H2,1H3. The molecule has 0 aromatic heterocycles. The van der Waals surface area contributed by atoms with Crippen molar-refractivity contribution in [1.82, 2.24) is 0 Å². The first-order chi connectivity index (χ1) is 7.74. The number of carbonyl (C=O) groups is 1. The lowest BCUT2D eigenvalue weighted by atomic mass is 10.1. The molecule has 0 aromatic rings. The third-order valence-electron chi connectivity index (χ3n) is 2.91. The van der Waals surface area contributed by atoms with E-state index in [-0.39, 0.29) is 17.9 Å². The topological polar surface area (TPSA) is 52.3 Å². The van der Waals surface area contributed by atoms with Crippen molar-refractivity contribution < 1.29 is 9.53 Å². The van der Waals surface area contributed by atoms with Gasteiger partial charge in [-0.1, -0.05) is 44.8 Å². The van der Waals surface area contributed by atoms with E-state index in [0.29, 0.717) is 13.0 Å². The Morgan fingerprint density at radius 3 is 2.69 bits per heavy atom. The van der Waals surface area contributed by atoms with Crippen molar-refractivity contribution in [3.63, 3.8) is 0 Å². The number of unbranched alkanes of at least 4 members (excludes halogenated alkanes) is 4. The van der Waals surface area contributed by atoms with Crippen LogP contribution in [-0.2, 0) is 9.53 Å². The number of esters is 1. The van der Waals surface area contributed by atoms with Crippen LogP contribution in [0.15, 0.2) is 12.2 Å². The summed E-state index contributed by atoms with van der Waals surface area (Å²) < 4.78 is 5.21. The van der Waals surface area contributed by atoms with Crippen LogP contribution in [0.5, 0.6) is 0 Å². The molecule has 3 heteroatoms. The lowest BCUT2D eigenvalue weighted by Crippen LogP contribution is -2.20. The fourth-order valence-electron chi connectivity index (χ4n) is 1.89. The van der Waals surface area contributed by atoms with Crippen LogP contribution in [0.4, 0.5) is 0 Å². The molecule has 92 valence electrons. The maximum atomic E-state index is 11.6. The SMILES string of the molecule is CCCCCCCOC(=O)C1C=CC(N)C1.